The van der Waals surface area contributed by atoms with Crippen LogP contribution in [0.4, 0.5) is 5.69 Å². The topological polar surface area (TPSA) is 74.2 Å². The average Bonchev–Trinajstić information content (AvgIpc) is 2.64. The molecule has 0 aliphatic rings. The van der Waals surface area contributed by atoms with Crippen LogP contribution >= 0.6 is 0 Å². The van der Waals surface area contributed by atoms with E-state index in [9.17, 15) is 9.70 Å². The lowest BCUT2D eigenvalue weighted by atomic mass is 10.1. The Morgan fingerprint density at radius 3 is 2.12 bits per heavy atom. The Bertz CT molecular complexity index is 766. The van der Waals surface area contributed by atoms with Crippen LogP contribution in [-0.2, 0) is 0 Å². The van der Waals surface area contributed by atoms with E-state index in [2.05, 4.69) is 5.18 Å². The van der Waals surface area contributed by atoms with Gasteiger partial charge in [-0.15, -0.1) is 4.91 Å². The first-order valence-electron chi connectivity index (χ1n) is 7.09. The molecule has 124 valence electrons. The van der Waals surface area contributed by atoms with Crippen molar-refractivity contribution in [1.82, 2.24) is 0 Å². The Morgan fingerprint density at radius 1 is 0.917 bits per heavy atom. The third-order valence-corrected chi connectivity index (χ3v) is 3.40. The van der Waals surface area contributed by atoms with Gasteiger partial charge in [0, 0.05) is 0 Å². The van der Waals surface area contributed by atoms with Crippen molar-refractivity contribution in [2.75, 3.05) is 21.3 Å². The zero-order chi connectivity index (χ0) is 17.5. The smallest absolute Gasteiger partial charge is 0.204 e. The Labute approximate surface area is 139 Å². The van der Waals surface area contributed by atoms with Gasteiger partial charge in [-0.3, -0.25) is 4.79 Å². The minimum Gasteiger partial charge on any atom is -0.493 e. The number of benzene rings is 2. The van der Waals surface area contributed by atoms with Crippen molar-refractivity contribution in [1.29, 1.82) is 0 Å². The Morgan fingerprint density at radius 2 is 1.58 bits per heavy atom. The third kappa shape index (κ3) is 3.60. The van der Waals surface area contributed by atoms with Crippen LogP contribution in [0.15, 0.2) is 47.7 Å². The summed E-state index contributed by atoms with van der Waals surface area (Å²) >= 11 is 0. The molecule has 24 heavy (non-hydrogen) atoms. The first-order chi connectivity index (χ1) is 11.6. The molecule has 0 N–H and O–H groups in total. The van der Waals surface area contributed by atoms with Crippen molar-refractivity contribution in [2.45, 2.75) is 0 Å². The van der Waals surface area contributed by atoms with Crippen molar-refractivity contribution >= 4 is 17.5 Å². The lowest BCUT2D eigenvalue weighted by Gasteiger charge is -2.14. The highest BCUT2D eigenvalue weighted by Crippen LogP contribution is 2.40. The Kier molecular flexibility index (Phi) is 5.68. The average molecular weight is 327 g/mol. The molecule has 0 bridgehead atoms. The molecule has 2 rings (SSSR count). The molecule has 0 atom stereocenters. The quantitative estimate of drug-likeness (QED) is 0.436. The van der Waals surface area contributed by atoms with Crippen molar-refractivity contribution in [3.05, 3.63) is 58.5 Å². The molecule has 0 spiro atoms. The van der Waals surface area contributed by atoms with Crippen LogP contribution in [0.2, 0.25) is 0 Å². The summed E-state index contributed by atoms with van der Waals surface area (Å²) in [4.78, 5) is 22.9. The number of rotatable bonds is 7. The number of hydrogen-bond donors (Lipinski definition) is 0. The zero-order valence-corrected chi connectivity index (χ0v) is 13.6. The molecule has 0 aromatic heterocycles. The van der Waals surface area contributed by atoms with Crippen LogP contribution in [0.25, 0.3) is 6.08 Å². The maximum Gasteiger partial charge on any atom is 0.204 e. The van der Waals surface area contributed by atoms with Crippen LogP contribution in [0.5, 0.6) is 17.2 Å². The molecule has 6 nitrogen and oxygen atoms in total. The van der Waals surface area contributed by atoms with Crippen LogP contribution in [0, 0.1) is 4.91 Å². The summed E-state index contributed by atoms with van der Waals surface area (Å²) in [6, 6.07) is 9.82. The van der Waals surface area contributed by atoms with E-state index in [0.717, 1.165) is 5.56 Å². The van der Waals surface area contributed by atoms with Crippen molar-refractivity contribution in [2.24, 2.45) is 5.18 Å². The molecule has 2 aromatic rings. The molecular weight excluding hydrogens is 310 g/mol. The SMILES string of the molecule is COc1ccc(C(=O)C=Cc2ccc(N=O)cc2)c(OC)c1OC. The molecule has 0 heterocycles. The summed E-state index contributed by atoms with van der Waals surface area (Å²) in [5.41, 5.74) is 1.47. The van der Waals surface area contributed by atoms with Gasteiger partial charge in [0.05, 0.1) is 26.9 Å². The van der Waals surface area contributed by atoms with Gasteiger partial charge in [-0.1, -0.05) is 18.2 Å². The maximum absolute atomic E-state index is 12.5. The molecular formula is C18H17NO5. The lowest BCUT2D eigenvalue weighted by Crippen LogP contribution is -2.02. The fourth-order valence-electron chi connectivity index (χ4n) is 2.20. The second-order valence-electron chi connectivity index (χ2n) is 4.76. The summed E-state index contributed by atoms with van der Waals surface area (Å²) in [6.45, 7) is 0. The highest BCUT2D eigenvalue weighted by Gasteiger charge is 2.19. The highest BCUT2D eigenvalue weighted by molar-refractivity contribution is 6.09. The van der Waals surface area contributed by atoms with E-state index < -0.39 is 0 Å². The van der Waals surface area contributed by atoms with Crippen LogP contribution in [-0.4, -0.2) is 27.1 Å². The Balaban J connectivity index is 2.31. The maximum atomic E-state index is 12.5. The van der Waals surface area contributed by atoms with Gasteiger partial charge in [0.2, 0.25) is 5.75 Å². The number of hydrogen-bond acceptors (Lipinski definition) is 6. The number of carbonyl (C=O) groups is 1. The number of carbonyl (C=O) groups excluding carboxylic acids is 1. The number of nitrogens with zero attached hydrogens (tertiary/aromatic N) is 1. The van der Waals surface area contributed by atoms with Gasteiger partial charge in [0.1, 0.15) is 5.69 Å². The monoisotopic (exact) mass is 327 g/mol. The molecule has 2 aromatic carbocycles. The predicted octanol–water partition coefficient (Wildman–Crippen LogP) is 4.01. The molecule has 0 amide bonds. The lowest BCUT2D eigenvalue weighted by molar-refractivity contribution is 0.104. The minimum atomic E-state index is -0.245. The van der Waals surface area contributed by atoms with Gasteiger partial charge >= 0.3 is 0 Å². The number of nitroso groups, excluding NO2 is 1. The van der Waals surface area contributed by atoms with E-state index in [1.54, 1.807) is 42.5 Å². The highest BCUT2D eigenvalue weighted by atomic mass is 16.5. The summed E-state index contributed by atoms with van der Waals surface area (Å²) in [5, 5.41) is 2.83. The van der Waals surface area contributed by atoms with Gasteiger partial charge in [-0.05, 0) is 41.1 Å². The van der Waals surface area contributed by atoms with E-state index in [1.165, 1.54) is 27.4 Å². The van der Waals surface area contributed by atoms with Crippen LogP contribution in [0.1, 0.15) is 15.9 Å². The zero-order valence-electron chi connectivity index (χ0n) is 13.6. The largest absolute Gasteiger partial charge is 0.493 e. The molecule has 0 aliphatic heterocycles. The van der Waals surface area contributed by atoms with E-state index in [4.69, 9.17) is 14.2 Å². The number of ketones is 1. The summed E-state index contributed by atoms with van der Waals surface area (Å²) in [6.07, 6.45) is 3.07. The second-order valence-corrected chi connectivity index (χ2v) is 4.76. The van der Waals surface area contributed by atoms with Gasteiger partial charge in [0.15, 0.2) is 17.3 Å². The summed E-state index contributed by atoms with van der Waals surface area (Å²) in [5.74, 6) is 0.907. The fourth-order valence-corrected chi connectivity index (χ4v) is 2.20. The van der Waals surface area contributed by atoms with E-state index in [-0.39, 0.29) is 5.78 Å². The molecule has 0 saturated heterocycles. The molecule has 0 aliphatic carbocycles. The fraction of sp³-hybridized carbons (Fsp3) is 0.167. The summed E-state index contributed by atoms with van der Waals surface area (Å²) in [7, 11) is 4.45. The van der Waals surface area contributed by atoms with E-state index >= 15 is 0 Å². The van der Waals surface area contributed by atoms with Crippen LogP contribution in [0.3, 0.4) is 0 Å². The minimum absolute atomic E-state index is 0.245. The molecule has 0 saturated carbocycles. The Hall–Kier alpha value is -3.15. The van der Waals surface area contributed by atoms with Crippen molar-refractivity contribution in [3.8, 4) is 17.2 Å². The molecule has 0 unspecified atom stereocenters. The molecule has 6 heteroatoms. The molecule has 0 fully saturated rings. The number of methoxy groups -OCH3 is 3. The van der Waals surface area contributed by atoms with E-state index in [0.29, 0.717) is 28.5 Å². The van der Waals surface area contributed by atoms with Gasteiger partial charge < -0.3 is 14.2 Å². The normalized spacial score (nSPS) is 10.5. The second kappa shape index (κ2) is 7.92. The number of allylic oxidation sites excluding steroid dienone is 1. The van der Waals surface area contributed by atoms with Gasteiger partial charge in [0.25, 0.3) is 0 Å². The van der Waals surface area contributed by atoms with Crippen molar-refractivity contribution < 1.29 is 19.0 Å². The van der Waals surface area contributed by atoms with E-state index in [1.807, 2.05) is 0 Å². The standard InChI is InChI=1S/C18H17NO5/c1-22-16-11-9-14(17(23-2)18(16)24-3)15(20)10-6-12-4-7-13(19-21)8-5-12/h4-11H,1-3H3. The first kappa shape index (κ1) is 17.2. The van der Waals surface area contributed by atoms with Crippen LogP contribution < -0.4 is 14.2 Å². The predicted molar refractivity (Wildman–Crippen MR) is 91.4 cm³/mol. The third-order valence-electron chi connectivity index (χ3n) is 3.40. The first-order valence-corrected chi connectivity index (χ1v) is 7.09. The van der Waals surface area contributed by atoms with Gasteiger partial charge in [-0.2, -0.15) is 0 Å². The van der Waals surface area contributed by atoms with Gasteiger partial charge in [-0.25, -0.2) is 0 Å². The number of ether oxygens (including phenoxy) is 3. The van der Waals surface area contributed by atoms with Crippen molar-refractivity contribution in [3.63, 3.8) is 0 Å². The molecule has 0 radical (unpaired) electrons. The summed E-state index contributed by atoms with van der Waals surface area (Å²) < 4.78 is 15.8.